The topological polar surface area (TPSA) is 63.6 Å². The number of benzene rings is 1. The van der Waals surface area contributed by atoms with Gasteiger partial charge in [0.25, 0.3) is 0 Å². The van der Waals surface area contributed by atoms with Crippen molar-refractivity contribution in [2.75, 3.05) is 6.61 Å². The first-order valence-corrected chi connectivity index (χ1v) is 5.61. The SMILES string of the molecule is CCCCOC(=O)C(C(=O)O)c1ccccc1. The largest absolute Gasteiger partial charge is 0.480 e. The predicted molar refractivity (Wildman–Crippen MR) is 62.7 cm³/mol. The number of hydrogen-bond acceptors (Lipinski definition) is 3. The van der Waals surface area contributed by atoms with E-state index in [4.69, 9.17) is 9.84 Å². The Morgan fingerprint density at radius 1 is 1.29 bits per heavy atom. The number of aliphatic carboxylic acids is 1. The first-order chi connectivity index (χ1) is 8.16. The molecule has 17 heavy (non-hydrogen) atoms. The van der Waals surface area contributed by atoms with Crippen LogP contribution in [0.2, 0.25) is 0 Å². The van der Waals surface area contributed by atoms with Crippen molar-refractivity contribution < 1.29 is 19.4 Å². The molecule has 4 nitrogen and oxygen atoms in total. The molecule has 0 spiro atoms. The van der Waals surface area contributed by atoms with Gasteiger partial charge in [0, 0.05) is 0 Å². The average Bonchev–Trinajstić information content (AvgIpc) is 2.30. The van der Waals surface area contributed by atoms with Crippen molar-refractivity contribution in [2.45, 2.75) is 25.7 Å². The molecule has 0 bridgehead atoms. The summed E-state index contributed by atoms with van der Waals surface area (Å²) < 4.78 is 4.94. The Kier molecular flexibility index (Phi) is 5.20. The van der Waals surface area contributed by atoms with Crippen LogP contribution in [0.1, 0.15) is 31.2 Å². The van der Waals surface area contributed by atoms with Crippen molar-refractivity contribution in [2.24, 2.45) is 0 Å². The number of carboxylic acids is 1. The van der Waals surface area contributed by atoms with Crippen LogP contribution >= 0.6 is 0 Å². The molecule has 0 fully saturated rings. The third-order valence-electron chi connectivity index (χ3n) is 2.36. The van der Waals surface area contributed by atoms with E-state index in [0.29, 0.717) is 5.56 Å². The van der Waals surface area contributed by atoms with Gasteiger partial charge in [-0.25, -0.2) is 0 Å². The maximum atomic E-state index is 11.7. The lowest BCUT2D eigenvalue weighted by Crippen LogP contribution is -2.24. The molecule has 92 valence electrons. The molecule has 0 aliphatic rings. The summed E-state index contributed by atoms with van der Waals surface area (Å²) in [7, 11) is 0. The van der Waals surface area contributed by atoms with E-state index in [1.165, 1.54) is 0 Å². The lowest BCUT2D eigenvalue weighted by molar-refractivity contribution is -0.154. The summed E-state index contributed by atoms with van der Waals surface area (Å²) >= 11 is 0. The van der Waals surface area contributed by atoms with E-state index in [2.05, 4.69) is 0 Å². The summed E-state index contributed by atoms with van der Waals surface area (Å²) in [5, 5.41) is 9.05. The monoisotopic (exact) mass is 236 g/mol. The smallest absolute Gasteiger partial charge is 0.324 e. The second kappa shape index (κ2) is 6.68. The van der Waals surface area contributed by atoms with Crippen LogP contribution in [0.4, 0.5) is 0 Å². The maximum Gasteiger partial charge on any atom is 0.324 e. The van der Waals surface area contributed by atoms with E-state index >= 15 is 0 Å². The van der Waals surface area contributed by atoms with Gasteiger partial charge >= 0.3 is 11.9 Å². The normalized spacial score (nSPS) is 11.8. The highest BCUT2D eigenvalue weighted by molar-refractivity contribution is 5.99. The first kappa shape index (κ1) is 13.2. The third kappa shape index (κ3) is 3.90. The summed E-state index contributed by atoms with van der Waals surface area (Å²) in [5.41, 5.74) is 0.446. The number of rotatable bonds is 6. The minimum absolute atomic E-state index is 0.270. The Bertz CT molecular complexity index is 372. The lowest BCUT2D eigenvalue weighted by atomic mass is 10.00. The highest BCUT2D eigenvalue weighted by atomic mass is 16.5. The predicted octanol–water partition coefficient (Wildman–Crippen LogP) is 2.20. The molecule has 1 aromatic rings. The zero-order valence-electron chi connectivity index (χ0n) is 9.76. The fourth-order valence-corrected chi connectivity index (χ4v) is 1.43. The van der Waals surface area contributed by atoms with E-state index in [-0.39, 0.29) is 6.61 Å². The number of esters is 1. The van der Waals surface area contributed by atoms with Gasteiger partial charge in [0.15, 0.2) is 5.92 Å². The quantitative estimate of drug-likeness (QED) is 0.467. The molecule has 4 heteroatoms. The van der Waals surface area contributed by atoms with Gasteiger partial charge < -0.3 is 9.84 Å². The van der Waals surface area contributed by atoms with Gasteiger partial charge in [0.2, 0.25) is 0 Å². The molecule has 0 aliphatic heterocycles. The molecular formula is C13H16O4. The highest BCUT2D eigenvalue weighted by Crippen LogP contribution is 2.17. The number of carbonyl (C=O) groups is 2. The number of carbonyl (C=O) groups excluding carboxylic acids is 1. The second-order valence-corrected chi connectivity index (χ2v) is 3.70. The fourth-order valence-electron chi connectivity index (χ4n) is 1.43. The molecule has 1 rings (SSSR count). The number of carboxylic acid groups (broad SMARTS) is 1. The Labute approximate surface area is 100 Å². The van der Waals surface area contributed by atoms with E-state index in [0.717, 1.165) is 12.8 Å². The first-order valence-electron chi connectivity index (χ1n) is 5.61. The summed E-state index contributed by atoms with van der Waals surface area (Å²) in [4.78, 5) is 22.7. The molecule has 0 aliphatic carbocycles. The molecule has 0 saturated heterocycles. The average molecular weight is 236 g/mol. The molecule has 0 saturated carbocycles. The van der Waals surface area contributed by atoms with Crippen LogP contribution in [0.3, 0.4) is 0 Å². The van der Waals surface area contributed by atoms with Gasteiger partial charge in [-0.3, -0.25) is 9.59 Å². The zero-order chi connectivity index (χ0) is 12.7. The molecule has 1 atom stereocenters. The third-order valence-corrected chi connectivity index (χ3v) is 2.36. The molecule has 1 aromatic carbocycles. The number of ether oxygens (including phenoxy) is 1. The minimum Gasteiger partial charge on any atom is -0.480 e. The molecule has 1 N–H and O–H groups in total. The molecule has 0 heterocycles. The van der Waals surface area contributed by atoms with E-state index in [9.17, 15) is 9.59 Å². The summed E-state index contributed by atoms with van der Waals surface area (Å²) in [5.74, 6) is -3.11. The van der Waals surface area contributed by atoms with E-state index < -0.39 is 17.9 Å². The van der Waals surface area contributed by atoms with Crippen molar-refractivity contribution in [3.63, 3.8) is 0 Å². The Morgan fingerprint density at radius 2 is 1.94 bits per heavy atom. The van der Waals surface area contributed by atoms with Crippen molar-refractivity contribution in [1.82, 2.24) is 0 Å². The maximum absolute atomic E-state index is 11.7. The van der Waals surface area contributed by atoms with Gasteiger partial charge in [-0.05, 0) is 12.0 Å². The van der Waals surface area contributed by atoms with E-state index in [1.807, 2.05) is 6.92 Å². The van der Waals surface area contributed by atoms with Crippen LogP contribution in [-0.4, -0.2) is 23.7 Å². The standard InChI is InChI=1S/C13H16O4/c1-2-3-9-17-13(16)11(12(14)15)10-7-5-4-6-8-10/h4-8,11H,2-3,9H2,1H3,(H,14,15). The fraction of sp³-hybridized carbons (Fsp3) is 0.385. The lowest BCUT2D eigenvalue weighted by Gasteiger charge is -2.12. The highest BCUT2D eigenvalue weighted by Gasteiger charge is 2.29. The Hall–Kier alpha value is -1.84. The van der Waals surface area contributed by atoms with E-state index in [1.54, 1.807) is 30.3 Å². The van der Waals surface area contributed by atoms with Gasteiger partial charge in [-0.1, -0.05) is 43.7 Å². The van der Waals surface area contributed by atoms with Gasteiger partial charge in [-0.2, -0.15) is 0 Å². The van der Waals surface area contributed by atoms with Crippen molar-refractivity contribution >= 4 is 11.9 Å². The molecule has 1 unspecified atom stereocenters. The summed E-state index contributed by atoms with van der Waals surface area (Å²) in [6, 6.07) is 8.39. The molecule has 0 aromatic heterocycles. The van der Waals surface area contributed by atoms with Crippen molar-refractivity contribution in [1.29, 1.82) is 0 Å². The van der Waals surface area contributed by atoms with Crippen LogP contribution in [0, 0.1) is 0 Å². The molecule has 0 radical (unpaired) electrons. The number of unbranched alkanes of at least 4 members (excludes halogenated alkanes) is 1. The van der Waals surface area contributed by atoms with Gasteiger partial charge in [0.1, 0.15) is 0 Å². The van der Waals surface area contributed by atoms with Crippen LogP contribution < -0.4 is 0 Å². The molecular weight excluding hydrogens is 220 g/mol. The zero-order valence-corrected chi connectivity index (χ0v) is 9.76. The van der Waals surface area contributed by atoms with Crippen LogP contribution in [0.5, 0.6) is 0 Å². The summed E-state index contributed by atoms with van der Waals surface area (Å²) in [6.45, 7) is 2.24. The van der Waals surface area contributed by atoms with Crippen molar-refractivity contribution in [3.8, 4) is 0 Å². The van der Waals surface area contributed by atoms with Crippen LogP contribution in [0.25, 0.3) is 0 Å². The second-order valence-electron chi connectivity index (χ2n) is 3.70. The van der Waals surface area contributed by atoms with Crippen molar-refractivity contribution in [3.05, 3.63) is 35.9 Å². The Morgan fingerprint density at radius 3 is 2.47 bits per heavy atom. The summed E-state index contributed by atoms with van der Waals surface area (Å²) in [6.07, 6.45) is 1.64. The molecule has 0 amide bonds. The van der Waals surface area contributed by atoms with Gasteiger partial charge in [0.05, 0.1) is 6.61 Å². The van der Waals surface area contributed by atoms with Crippen LogP contribution in [0.15, 0.2) is 30.3 Å². The van der Waals surface area contributed by atoms with Gasteiger partial charge in [-0.15, -0.1) is 0 Å². The number of hydrogen-bond donors (Lipinski definition) is 1. The Balaban J connectivity index is 2.73. The van der Waals surface area contributed by atoms with Crippen LogP contribution in [-0.2, 0) is 14.3 Å². The minimum atomic E-state index is -1.23.